The molecule has 2 N–H and O–H groups in total. The van der Waals surface area contributed by atoms with Crippen molar-refractivity contribution < 1.29 is 18.7 Å². The standard InChI is InChI=1S/C18H19NO4/c1-11-9-14(12(2)22-11)18(21)19-8-7-15(20)17-10-13-5-3-4-6-16(13)23-17/h3-6,9-10,15,20H,7-8H2,1-2H3,(H,19,21). The van der Waals surface area contributed by atoms with E-state index >= 15 is 0 Å². The zero-order valence-corrected chi connectivity index (χ0v) is 13.1. The lowest BCUT2D eigenvalue weighted by atomic mass is 10.1. The second-order valence-corrected chi connectivity index (χ2v) is 5.57. The molecule has 120 valence electrons. The molecule has 3 aromatic rings. The number of amides is 1. The van der Waals surface area contributed by atoms with Crippen molar-refractivity contribution in [2.45, 2.75) is 26.4 Å². The molecule has 2 heterocycles. The molecule has 2 aromatic heterocycles. The van der Waals surface area contributed by atoms with Crippen LogP contribution in [0.25, 0.3) is 11.0 Å². The van der Waals surface area contributed by atoms with Crippen molar-refractivity contribution in [3.8, 4) is 0 Å². The van der Waals surface area contributed by atoms with Crippen LogP contribution in [0, 0.1) is 13.8 Å². The van der Waals surface area contributed by atoms with Crippen molar-refractivity contribution in [2.75, 3.05) is 6.54 Å². The first kappa shape index (κ1) is 15.4. The molecule has 1 amide bonds. The highest BCUT2D eigenvalue weighted by Gasteiger charge is 2.16. The summed E-state index contributed by atoms with van der Waals surface area (Å²) < 4.78 is 11.0. The average molecular weight is 313 g/mol. The van der Waals surface area contributed by atoms with E-state index in [0.29, 0.717) is 35.8 Å². The van der Waals surface area contributed by atoms with E-state index in [1.54, 1.807) is 19.9 Å². The molecule has 0 fully saturated rings. The third-order valence-corrected chi connectivity index (χ3v) is 3.76. The van der Waals surface area contributed by atoms with Gasteiger partial charge in [-0.05, 0) is 38.5 Å². The number of furan rings is 2. The molecule has 0 bridgehead atoms. The Labute approximate surface area is 133 Å². The van der Waals surface area contributed by atoms with E-state index in [1.165, 1.54) is 0 Å². The van der Waals surface area contributed by atoms with Crippen LogP contribution in [0.5, 0.6) is 0 Å². The summed E-state index contributed by atoms with van der Waals surface area (Å²) in [6, 6.07) is 11.1. The van der Waals surface area contributed by atoms with Gasteiger partial charge < -0.3 is 19.3 Å². The third-order valence-electron chi connectivity index (χ3n) is 3.76. The molecule has 0 aliphatic carbocycles. The molecule has 0 saturated heterocycles. The Morgan fingerprint density at radius 2 is 2.00 bits per heavy atom. The van der Waals surface area contributed by atoms with Crippen LogP contribution in [0.3, 0.4) is 0 Å². The van der Waals surface area contributed by atoms with Crippen LogP contribution in [0.4, 0.5) is 0 Å². The number of para-hydroxylation sites is 1. The molecule has 0 spiro atoms. The molecule has 0 aliphatic rings. The SMILES string of the molecule is Cc1cc(C(=O)NCCC(O)c2cc3ccccc3o2)c(C)o1. The van der Waals surface area contributed by atoms with Gasteiger partial charge in [0.25, 0.3) is 5.91 Å². The lowest BCUT2D eigenvalue weighted by molar-refractivity contribution is 0.0935. The van der Waals surface area contributed by atoms with Crippen LogP contribution >= 0.6 is 0 Å². The lowest BCUT2D eigenvalue weighted by Crippen LogP contribution is -2.25. The van der Waals surface area contributed by atoms with E-state index in [1.807, 2.05) is 30.3 Å². The first-order valence-corrected chi connectivity index (χ1v) is 7.56. The van der Waals surface area contributed by atoms with Gasteiger partial charge in [-0.25, -0.2) is 0 Å². The second-order valence-electron chi connectivity index (χ2n) is 5.57. The van der Waals surface area contributed by atoms with Gasteiger partial charge in [0.2, 0.25) is 0 Å². The molecule has 3 rings (SSSR count). The van der Waals surface area contributed by atoms with Crippen LogP contribution in [0.1, 0.15) is 40.2 Å². The Bertz CT molecular complexity index is 798. The summed E-state index contributed by atoms with van der Waals surface area (Å²) in [6.07, 6.45) is -0.378. The quantitative estimate of drug-likeness (QED) is 0.756. The van der Waals surface area contributed by atoms with Crippen molar-refractivity contribution in [2.24, 2.45) is 0 Å². The van der Waals surface area contributed by atoms with Gasteiger partial charge >= 0.3 is 0 Å². The molecule has 5 nitrogen and oxygen atoms in total. The number of carbonyl (C=O) groups excluding carboxylic acids is 1. The summed E-state index contributed by atoms with van der Waals surface area (Å²) in [5.41, 5.74) is 1.27. The summed E-state index contributed by atoms with van der Waals surface area (Å²) in [5.74, 6) is 1.61. The number of aliphatic hydroxyl groups excluding tert-OH is 1. The van der Waals surface area contributed by atoms with Crippen LogP contribution in [-0.2, 0) is 0 Å². The van der Waals surface area contributed by atoms with Crippen LogP contribution in [0.2, 0.25) is 0 Å². The largest absolute Gasteiger partial charge is 0.466 e. The maximum Gasteiger partial charge on any atom is 0.254 e. The van der Waals surface area contributed by atoms with Crippen LogP contribution in [-0.4, -0.2) is 17.6 Å². The van der Waals surface area contributed by atoms with Gasteiger partial charge in [0.1, 0.15) is 29.0 Å². The fourth-order valence-electron chi connectivity index (χ4n) is 2.58. The molecular weight excluding hydrogens is 294 g/mol. The monoisotopic (exact) mass is 313 g/mol. The normalized spacial score (nSPS) is 12.5. The summed E-state index contributed by atoms with van der Waals surface area (Å²) in [6.45, 7) is 3.90. The van der Waals surface area contributed by atoms with E-state index in [4.69, 9.17) is 8.83 Å². The number of aryl methyl sites for hydroxylation is 2. The predicted molar refractivity (Wildman–Crippen MR) is 86.3 cm³/mol. The summed E-state index contributed by atoms with van der Waals surface area (Å²) in [5, 5.41) is 13.9. The number of carbonyl (C=O) groups is 1. The molecule has 23 heavy (non-hydrogen) atoms. The Balaban J connectivity index is 1.57. The molecule has 1 atom stereocenters. The fraction of sp³-hybridized carbons (Fsp3) is 0.278. The molecule has 0 saturated carbocycles. The van der Waals surface area contributed by atoms with Gasteiger partial charge in [0, 0.05) is 11.9 Å². The van der Waals surface area contributed by atoms with E-state index in [0.717, 1.165) is 11.0 Å². The van der Waals surface area contributed by atoms with Crippen molar-refractivity contribution in [3.05, 3.63) is 59.2 Å². The van der Waals surface area contributed by atoms with E-state index in [-0.39, 0.29) is 5.91 Å². The van der Waals surface area contributed by atoms with Gasteiger partial charge in [-0.15, -0.1) is 0 Å². The van der Waals surface area contributed by atoms with Crippen LogP contribution < -0.4 is 5.32 Å². The maximum absolute atomic E-state index is 12.1. The molecular formula is C18H19NO4. The number of hydrogen-bond acceptors (Lipinski definition) is 4. The molecule has 0 aliphatic heterocycles. The highest BCUT2D eigenvalue weighted by Crippen LogP contribution is 2.25. The number of fused-ring (bicyclic) bond motifs is 1. The van der Waals surface area contributed by atoms with Crippen molar-refractivity contribution in [1.82, 2.24) is 5.32 Å². The number of benzene rings is 1. The van der Waals surface area contributed by atoms with Crippen LogP contribution in [0.15, 0.2) is 45.2 Å². The number of aliphatic hydroxyl groups is 1. The number of hydrogen-bond donors (Lipinski definition) is 2. The summed E-state index contributed by atoms with van der Waals surface area (Å²) in [4.78, 5) is 12.1. The Kier molecular flexibility index (Phi) is 4.21. The first-order valence-electron chi connectivity index (χ1n) is 7.56. The first-order chi connectivity index (χ1) is 11.0. The molecule has 1 unspecified atom stereocenters. The average Bonchev–Trinajstić information content (AvgIpc) is 3.09. The summed E-state index contributed by atoms with van der Waals surface area (Å²) in [7, 11) is 0. The van der Waals surface area contributed by atoms with E-state index in [2.05, 4.69) is 5.32 Å². The Morgan fingerprint density at radius 1 is 1.22 bits per heavy atom. The molecule has 5 heteroatoms. The van der Waals surface area contributed by atoms with Crippen molar-refractivity contribution in [3.63, 3.8) is 0 Å². The van der Waals surface area contributed by atoms with Crippen molar-refractivity contribution >= 4 is 16.9 Å². The van der Waals surface area contributed by atoms with Gasteiger partial charge in [0.15, 0.2) is 0 Å². The zero-order chi connectivity index (χ0) is 16.4. The van der Waals surface area contributed by atoms with Gasteiger partial charge in [-0.2, -0.15) is 0 Å². The minimum atomic E-state index is -0.755. The molecule has 0 radical (unpaired) electrons. The lowest BCUT2D eigenvalue weighted by Gasteiger charge is -2.08. The van der Waals surface area contributed by atoms with Gasteiger partial charge in [-0.1, -0.05) is 18.2 Å². The second kappa shape index (κ2) is 6.30. The maximum atomic E-state index is 12.1. The topological polar surface area (TPSA) is 75.6 Å². The van der Waals surface area contributed by atoms with Crippen molar-refractivity contribution in [1.29, 1.82) is 0 Å². The Morgan fingerprint density at radius 3 is 2.70 bits per heavy atom. The Hall–Kier alpha value is -2.53. The smallest absolute Gasteiger partial charge is 0.254 e. The number of nitrogens with one attached hydrogen (secondary N) is 1. The van der Waals surface area contributed by atoms with E-state index in [9.17, 15) is 9.90 Å². The minimum Gasteiger partial charge on any atom is -0.466 e. The zero-order valence-electron chi connectivity index (χ0n) is 13.1. The van der Waals surface area contributed by atoms with Gasteiger partial charge in [-0.3, -0.25) is 4.79 Å². The summed E-state index contributed by atoms with van der Waals surface area (Å²) >= 11 is 0. The highest BCUT2D eigenvalue weighted by atomic mass is 16.4. The molecule has 1 aromatic carbocycles. The fourth-order valence-corrected chi connectivity index (χ4v) is 2.58. The number of rotatable bonds is 5. The third kappa shape index (κ3) is 3.29. The van der Waals surface area contributed by atoms with Gasteiger partial charge in [0.05, 0.1) is 5.56 Å². The predicted octanol–water partition coefficient (Wildman–Crippen LogP) is 3.50. The minimum absolute atomic E-state index is 0.198. The van der Waals surface area contributed by atoms with E-state index < -0.39 is 6.10 Å². The highest BCUT2D eigenvalue weighted by molar-refractivity contribution is 5.95.